The van der Waals surface area contributed by atoms with Gasteiger partial charge in [0.2, 0.25) is 5.91 Å². The molecule has 1 aliphatic carbocycles. The van der Waals surface area contributed by atoms with Crippen LogP contribution in [0.3, 0.4) is 0 Å². The Morgan fingerprint density at radius 1 is 1.47 bits per heavy atom. The van der Waals surface area contributed by atoms with Crippen LogP contribution in [0.2, 0.25) is 0 Å². The van der Waals surface area contributed by atoms with Gasteiger partial charge in [-0.05, 0) is 36.6 Å². The van der Waals surface area contributed by atoms with Crippen molar-refractivity contribution in [1.29, 1.82) is 0 Å². The molecule has 3 N–H and O–H groups in total. The molecule has 1 saturated carbocycles. The minimum Gasteiger partial charge on any atom is -0.355 e. The van der Waals surface area contributed by atoms with Crippen molar-refractivity contribution in [3.05, 3.63) is 0 Å². The fourth-order valence-corrected chi connectivity index (χ4v) is 2.74. The summed E-state index contributed by atoms with van der Waals surface area (Å²) in [5.74, 6) is 0.425. The van der Waals surface area contributed by atoms with Crippen molar-refractivity contribution in [1.82, 2.24) is 5.32 Å². The van der Waals surface area contributed by atoms with Crippen LogP contribution in [0.15, 0.2) is 0 Å². The second-order valence-corrected chi connectivity index (χ2v) is 6.85. The van der Waals surface area contributed by atoms with Gasteiger partial charge in [0.25, 0.3) is 0 Å². The maximum absolute atomic E-state index is 12.2. The standard InChI is InChI=1S/C14H28N2O/c1-13(2,8-9-15)10-16-12(17)11-6-5-7-14(11,3)4/h11H,5-10,15H2,1-4H3,(H,16,17). The maximum atomic E-state index is 12.2. The molecule has 0 aromatic heterocycles. The van der Waals surface area contributed by atoms with Gasteiger partial charge in [-0.25, -0.2) is 0 Å². The molecule has 0 spiro atoms. The number of nitrogens with one attached hydrogen (secondary N) is 1. The molecular formula is C14H28N2O. The van der Waals surface area contributed by atoms with Gasteiger partial charge in [-0.3, -0.25) is 4.79 Å². The molecule has 1 amide bonds. The highest BCUT2D eigenvalue weighted by Gasteiger charge is 2.39. The topological polar surface area (TPSA) is 55.1 Å². The second kappa shape index (κ2) is 5.38. The normalized spacial score (nSPS) is 23.7. The van der Waals surface area contributed by atoms with Crippen LogP contribution in [0.1, 0.15) is 53.4 Å². The van der Waals surface area contributed by atoms with E-state index in [0.717, 1.165) is 25.8 Å². The molecule has 0 aromatic rings. The number of amides is 1. The zero-order valence-corrected chi connectivity index (χ0v) is 11.8. The van der Waals surface area contributed by atoms with Gasteiger partial charge < -0.3 is 11.1 Å². The Bertz CT molecular complexity index is 271. The number of carbonyl (C=O) groups excluding carboxylic acids is 1. The van der Waals surface area contributed by atoms with Crippen molar-refractivity contribution in [2.75, 3.05) is 13.1 Å². The molecular weight excluding hydrogens is 212 g/mol. The molecule has 0 aromatic carbocycles. The summed E-state index contributed by atoms with van der Waals surface area (Å²) in [4.78, 5) is 12.2. The van der Waals surface area contributed by atoms with Crippen molar-refractivity contribution in [3.63, 3.8) is 0 Å². The number of hydrogen-bond acceptors (Lipinski definition) is 2. The van der Waals surface area contributed by atoms with E-state index >= 15 is 0 Å². The lowest BCUT2D eigenvalue weighted by Gasteiger charge is -2.29. The number of rotatable bonds is 5. The molecule has 1 fully saturated rings. The Morgan fingerprint density at radius 2 is 2.12 bits per heavy atom. The Balaban J connectivity index is 2.45. The molecule has 1 rings (SSSR count). The van der Waals surface area contributed by atoms with E-state index in [2.05, 4.69) is 33.0 Å². The average Bonchev–Trinajstić information content (AvgIpc) is 2.55. The van der Waals surface area contributed by atoms with Gasteiger partial charge in [0.1, 0.15) is 0 Å². The molecule has 0 aliphatic heterocycles. The number of nitrogens with two attached hydrogens (primary N) is 1. The Morgan fingerprint density at radius 3 is 2.59 bits per heavy atom. The highest BCUT2D eigenvalue weighted by molar-refractivity contribution is 5.79. The van der Waals surface area contributed by atoms with E-state index in [1.165, 1.54) is 6.42 Å². The third-order valence-electron chi connectivity index (χ3n) is 4.14. The lowest BCUT2D eigenvalue weighted by Crippen LogP contribution is -2.41. The molecule has 1 unspecified atom stereocenters. The van der Waals surface area contributed by atoms with Crippen molar-refractivity contribution < 1.29 is 4.79 Å². The first-order chi connectivity index (χ1) is 7.78. The van der Waals surface area contributed by atoms with Gasteiger partial charge in [0, 0.05) is 12.5 Å². The first-order valence-corrected chi connectivity index (χ1v) is 6.76. The van der Waals surface area contributed by atoms with Crippen LogP contribution in [0.4, 0.5) is 0 Å². The molecule has 17 heavy (non-hydrogen) atoms. The third-order valence-corrected chi connectivity index (χ3v) is 4.14. The molecule has 3 nitrogen and oxygen atoms in total. The van der Waals surface area contributed by atoms with Crippen molar-refractivity contribution in [2.24, 2.45) is 22.5 Å². The average molecular weight is 240 g/mol. The summed E-state index contributed by atoms with van der Waals surface area (Å²) in [6.07, 6.45) is 4.33. The minimum atomic E-state index is 0.104. The smallest absolute Gasteiger partial charge is 0.223 e. The van der Waals surface area contributed by atoms with Crippen LogP contribution in [0.5, 0.6) is 0 Å². The van der Waals surface area contributed by atoms with E-state index in [4.69, 9.17) is 5.73 Å². The lowest BCUT2D eigenvalue weighted by molar-refractivity contribution is -0.128. The Kier molecular flexibility index (Phi) is 4.59. The van der Waals surface area contributed by atoms with Gasteiger partial charge in [0.05, 0.1) is 0 Å². The lowest BCUT2D eigenvalue weighted by atomic mass is 9.81. The van der Waals surface area contributed by atoms with Gasteiger partial charge in [-0.15, -0.1) is 0 Å². The third kappa shape index (κ3) is 3.98. The summed E-state index contributed by atoms with van der Waals surface area (Å²) in [7, 11) is 0. The van der Waals surface area contributed by atoms with E-state index in [1.807, 2.05) is 0 Å². The molecule has 0 saturated heterocycles. The summed E-state index contributed by atoms with van der Waals surface area (Å²) in [6.45, 7) is 10.1. The molecule has 100 valence electrons. The molecule has 0 heterocycles. The van der Waals surface area contributed by atoms with E-state index in [0.29, 0.717) is 6.54 Å². The van der Waals surface area contributed by atoms with Crippen LogP contribution in [-0.2, 0) is 4.79 Å². The molecule has 3 heteroatoms. The van der Waals surface area contributed by atoms with E-state index < -0.39 is 0 Å². The van der Waals surface area contributed by atoms with E-state index in [-0.39, 0.29) is 22.7 Å². The van der Waals surface area contributed by atoms with Gasteiger partial charge in [0.15, 0.2) is 0 Å². The van der Waals surface area contributed by atoms with Crippen molar-refractivity contribution in [2.45, 2.75) is 53.4 Å². The summed E-state index contributed by atoms with van der Waals surface area (Å²) in [5, 5.41) is 3.11. The first kappa shape index (κ1) is 14.5. The SMILES string of the molecule is CC(C)(CCN)CNC(=O)C1CCCC1(C)C. The highest BCUT2D eigenvalue weighted by Crippen LogP contribution is 2.42. The summed E-state index contributed by atoms with van der Waals surface area (Å²) >= 11 is 0. The molecule has 0 bridgehead atoms. The largest absolute Gasteiger partial charge is 0.355 e. The minimum absolute atomic E-state index is 0.104. The summed E-state index contributed by atoms with van der Waals surface area (Å²) in [5.41, 5.74) is 5.85. The van der Waals surface area contributed by atoms with Gasteiger partial charge >= 0.3 is 0 Å². The Labute approximate surface area is 106 Å². The second-order valence-electron chi connectivity index (χ2n) is 6.85. The van der Waals surface area contributed by atoms with Crippen LogP contribution in [-0.4, -0.2) is 19.0 Å². The van der Waals surface area contributed by atoms with Crippen LogP contribution in [0.25, 0.3) is 0 Å². The fourth-order valence-electron chi connectivity index (χ4n) is 2.74. The summed E-state index contributed by atoms with van der Waals surface area (Å²) in [6, 6.07) is 0. The zero-order chi connectivity index (χ0) is 13.1. The predicted molar refractivity (Wildman–Crippen MR) is 71.6 cm³/mol. The van der Waals surface area contributed by atoms with Gasteiger partial charge in [-0.2, -0.15) is 0 Å². The molecule has 1 atom stereocenters. The fraction of sp³-hybridized carbons (Fsp3) is 0.929. The zero-order valence-electron chi connectivity index (χ0n) is 11.8. The van der Waals surface area contributed by atoms with E-state index in [9.17, 15) is 4.79 Å². The van der Waals surface area contributed by atoms with Crippen LogP contribution in [0, 0.1) is 16.7 Å². The quantitative estimate of drug-likeness (QED) is 0.774. The molecule has 1 aliphatic rings. The Hall–Kier alpha value is -0.570. The van der Waals surface area contributed by atoms with Crippen molar-refractivity contribution >= 4 is 5.91 Å². The summed E-state index contributed by atoms with van der Waals surface area (Å²) < 4.78 is 0. The number of hydrogen-bond donors (Lipinski definition) is 2. The maximum Gasteiger partial charge on any atom is 0.223 e. The van der Waals surface area contributed by atoms with Crippen LogP contribution < -0.4 is 11.1 Å². The predicted octanol–water partition coefficient (Wildman–Crippen LogP) is 2.30. The first-order valence-electron chi connectivity index (χ1n) is 6.76. The number of carbonyl (C=O) groups is 1. The van der Waals surface area contributed by atoms with Crippen molar-refractivity contribution in [3.8, 4) is 0 Å². The monoisotopic (exact) mass is 240 g/mol. The van der Waals surface area contributed by atoms with Crippen LogP contribution >= 0.6 is 0 Å². The van der Waals surface area contributed by atoms with Gasteiger partial charge in [-0.1, -0.05) is 34.1 Å². The molecule has 0 radical (unpaired) electrons. The van der Waals surface area contributed by atoms with E-state index in [1.54, 1.807) is 0 Å². The highest BCUT2D eigenvalue weighted by atomic mass is 16.1.